The minimum Gasteiger partial charge on any atom is -0.440 e. The van der Waals surface area contributed by atoms with Crippen LogP contribution < -0.4 is 10.6 Å². The molecule has 2 fully saturated rings. The van der Waals surface area contributed by atoms with E-state index in [9.17, 15) is 14.4 Å². The zero-order chi connectivity index (χ0) is 19.9. The third-order valence-corrected chi connectivity index (χ3v) is 5.44. The van der Waals surface area contributed by atoms with Crippen LogP contribution in [0.1, 0.15) is 57.8 Å². The number of oxazole rings is 1. The third-order valence-electron chi connectivity index (χ3n) is 5.44. The van der Waals surface area contributed by atoms with Gasteiger partial charge in [0.15, 0.2) is 11.5 Å². The molecule has 0 unspecified atom stereocenters. The zero-order valence-electron chi connectivity index (χ0n) is 16.1. The maximum atomic E-state index is 12.8. The Morgan fingerprint density at radius 3 is 2.75 bits per heavy atom. The lowest BCUT2D eigenvalue weighted by Gasteiger charge is -2.30. The molecule has 1 saturated heterocycles. The van der Waals surface area contributed by atoms with E-state index in [2.05, 4.69) is 15.6 Å². The molecule has 2 N–H and O–H groups in total. The molecule has 2 heterocycles. The molecule has 28 heavy (non-hydrogen) atoms. The number of anilines is 1. The summed E-state index contributed by atoms with van der Waals surface area (Å²) >= 11 is 0. The Labute approximate surface area is 162 Å². The highest BCUT2D eigenvalue weighted by molar-refractivity contribution is 6.10. The second-order valence-electron chi connectivity index (χ2n) is 7.90. The minimum absolute atomic E-state index is 0.164. The van der Waals surface area contributed by atoms with E-state index in [-0.39, 0.29) is 18.4 Å². The van der Waals surface area contributed by atoms with Gasteiger partial charge in [-0.25, -0.2) is 9.78 Å². The van der Waals surface area contributed by atoms with Crippen molar-refractivity contribution < 1.29 is 18.8 Å². The number of urea groups is 1. The molecule has 0 atom stereocenters. The first-order valence-corrected chi connectivity index (χ1v) is 9.72. The standard InChI is InChI=1S/C20H24N4O4/c1-12(2)17-22-14-10-13(6-7-15(14)28-17)21-16(25)11-24-18(26)20(23-19(24)27)8-4-3-5-9-20/h6-7,10,12H,3-5,8-9,11H2,1-2H3,(H,21,25)(H,23,27). The average molecular weight is 384 g/mol. The van der Waals surface area contributed by atoms with Crippen LogP contribution in [-0.4, -0.2) is 39.8 Å². The first-order valence-electron chi connectivity index (χ1n) is 9.72. The van der Waals surface area contributed by atoms with Gasteiger partial charge >= 0.3 is 6.03 Å². The van der Waals surface area contributed by atoms with Gasteiger partial charge in [-0.15, -0.1) is 0 Å². The van der Waals surface area contributed by atoms with Gasteiger partial charge in [0.2, 0.25) is 5.91 Å². The van der Waals surface area contributed by atoms with Gasteiger partial charge in [0, 0.05) is 11.6 Å². The molecule has 4 amide bonds. The number of rotatable bonds is 4. The lowest BCUT2D eigenvalue weighted by Crippen LogP contribution is -2.48. The van der Waals surface area contributed by atoms with Gasteiger partial charge in [0.25, 0.3) is 5.91 Å². The zero-order valence-corrected chi connectivity index (χ0v) is 16.1. The number of aromatic nitrogens is 1. The highest BCUT2D eigenvalue weighted by Crippen LogP contribution is 2.33. The van der Waals surface area contributed by atoms with Gasteiger partial charge < -0.3 is 15.1 Å². The minimum atomic E-state index is -0.817. The van der Waals surface area contributed by atoms with Crippen molar-refractivity contribution in [1.29, 1.82) is 0 Å². The molecular formula is C20H24N4O4. The third kappa shape index (κ3) is 3.23. The smallest absolute Gasteiger partial charge is 0.325 e. The van der Waals surface area contributed by atoms with E-state index in [1.54, 1.807) is 18.2 Å². The summed E-state index contributed by atoms with van der Waals surface area (Å²) in [6.07, 6.45) is 4.14. The molecular weight excluding hydrogens is 360 g/mol. The van der Waals surface area contributed by atoms with Crippen LogP contribution in [0.3, 0.4) is 0 Å². The van der Waals surface area contributed by atoms with Gasteiger partial charge in [-0.1, -0.05) is 33.1 Å². The van der Waals surface area contributed by atoms with Crippen molar-refractivity contribution in [3.8, 4) is 0 Å². The summed E-state index contributed by atoms with van der Waals surface area (Å²) in [5.74, 6) is 0.0806. The molecule has 1 aromatic heterocycles. The predicted molar refractivity (Wildman–Crippen MR) is 103 cm³/mol. The number of imide groups is 1. The maximum Gasteiger partial charge on any atom is 0.325 e. The van der Waals surface area contributed by atoms with Crippen LogP contribution in [0.5, 0.6) is 0 Å². The topological polar surface area (TPSA) is 105 Å². The predicted octanol–water partition coefficient (Wildman–Crippen LogP) is 3.14. The van der Waals surface area contributed by atoms with Crippen molar-refractivity contribution >= 4 is 34.6 Å². The normalized spacial score (nSPS) is 18.9. The van der Waals surface area contributed by atoms with Gasteiger partial charge in [-0.05, 0) is 31.0 Å². The van der Waals surface area contributed by atoms with Crippen LogP contribution in [-0.2, 0) is 9.59 Å². The van der Waals surface area contributed by atoms with Crippen molar-refractivity contribution in [2.24, 2.45) is 0 Å². The number of nitrogens with zero attached hydrogens (tertiary/aromatic N) is 2. The maximum absolute atomic E-state index is 12.8. The van der Waals surface area contributed by atoms with Crippen molar-refractivity contribution in [1.82, 2.24) is 15.2 Å². The van der Waals surface area contributed by atoms with E-state index in [0.29, 0.717) is 35.5 Å². The molecule has 1 aliphatic carbocycles. The molecule has 2 aliphatic rings. The Bertz CT molecular complexity index is 943. The summed E-state index contributed by atoms with van der Waals surface area (Å²) < 4.78 is 5.66. The monoisotopic (exact) mass is 384 g/mol. The van der Waals surface area contributed by atoms with Gasteiger partial charge in [-0.2, -0.15) is 0 Å². The second-order valence-corrected chi connectivity index (χ2v) is 7.90. The van der Waals surface area contributed by atoms with Crippen molar-refractivity contribution in [3.63, 3.8) is 0 Å². The molecule has 8 nitrogen and oxygen atoms in total. The molecule has 1 spiro atoms. The highest BCUT2D eigenvalue weighted by atomic mass is 16.3. The van der Waals surface area contributed by atoms with Crippen LogP contribution in [0.15, 0.2) is 22.6 Å². The molecule has 148 valence electrons. The number of hydrogen-bond donors (Lipinski definition) is 2. The number of carbonyl (C=O) groups excluding carboxylic acids is 3. The quantitative estimate of drug-likeness (QED) is 0.788. The fraction of sp³-hybridized carbons (Fsp3) is 0.500. The lowest BCUT2D eigenvalue weighted by atomic mass is 9.82. The van der Waals surface area contributed by atoms with Gasteiger partial charge in [0.1, 0.15) is 17.6 Å². The number of nitrogens with one attached hydrogen (secondary N) is 2. The fourth-order valence-corrected chi connectivity index (χ4v) is 3.93. The van der Waals surface area contributed by atoms with Crippen LogP contribution in [0, 0.1) is 0 Å². The largest absolute Gasteiger partial charge is 0.440 e. The summed E-state index contributed by atoms with van der Waals surface area (Å²) in [6.45, 7) is 3.68. The molecule has 1 aliphatic heterocycles. The fourth-order valence-electron chi connectivity index (χ4n) is 3.93. The van der Waals surface area contributed by atoms with Crippen LogP contribution in [0.2, 0.25) is 0 Å². The van der Waals surface area contributed by atoms with E-state index < -0.39 is 17.5 Å². The second kappa shape index (κ2) is 6.92. The van der Waals surface area contributed by atoms with Crippen molar-refractivity contribution in [2.75, 3.05) is 11.9 Å². The summed E-state index contributed by atoms with van der Waals surface area (Å²) in [4.78, 5) is 42.9. The van der Waals surface area contributed by atoms with Crippen LogP contribution in [0.25, 0.3) is 11.1 Å². The Morgan fingerprint density at radius 1 is 1.29 bits per heavy atom. The number of carbonyl (C=O) groups is 3. The molecule has 8 heteroatoms. The van der Waals surface area contributed by atoms with E-state index >= 15 is 0 Å². The summed E-state index contributed by atoms with van der Waals surface area (Å²) in [5.41, 5.74) is 1.02. The number of amides is 4. The van der Waals surface area contributed by atoms with Gasteiger partial charge in [-0.3, -0.25) is 14.5 Å². The molecule has 2 aromatic rings. The first kappa shape index (κ1) is 18.5. The van der Waals surface area contributed by atoms with Crippen LogP contribution in [0.4, 0.5) is 10.5 Å². The van der Waals surface area contributed by atoms with E-state index in [1.165, 1.54) is 0 Å². The molecule has 0 radical (unpaired) electrons. The van der Waals surface area contributed by atoms with E-state index in [0.717, 1.165) is 24.2 Å². The average Bonchev–Trinajstić information content (AvgIpc) is 3.18. The van der Waals surface area contributed by atoms with Crippen molar-refractivity contribution in [2.45, 2.75) is 57.4 Å². The Kier molecular flexibility index (Phi) is 4.56. The molecule has 0 bridgehead atoms. The summed E-state index contributed by atoms with van der Waals surface area (Å²) in [5, 5.41) is 5.55. The first-order chi connectivity index (χ1) is 13.4. The van der Waals surface area contributed by atoms with Crippen LogP contribution >= 0.6 is 0 Å². The summed E-state index contributed by atoms with van der Waals surface area (Å²) in [7, 11) is 0. The highest BCUT2D eigenvalue weighted by Gasteiger charge is 2.51. The Balaban J connectivity index is 1.45. The number of benzene rings is 1. The summed E-state index contributed by atoms with van der Waals surface area (Å²) in [6, 6.07) is 4.69. The Hall–Kier alpha value is -2.90. The van der Waals surface area contributed by atoms with E-state index in [4.69, 9.17) is 4.42 Å². The molecule has 1 saturated carbocycles. The molecule has 1 aromatic carbocycles. The SMILES string of the molecule is CC(C)c1nc2cc(NC(=O)CN3C(=O)NC4(CCCCC4)C3=O)ccc2o1. The number of fused-ring (bicyclic) bond motifs is 1. The van der Waals surface area contributed by atoms with E-state index in [1.807, 2.05) is 13.8 Å². The lowest BCUT2D eigenvalue weighted by molar-refractivity contribution is -0.134. The number of hydrogen-bond acceptors (Lipinski definition) is 5. The molecule has 4 rings (SSSR count). The Morgan fingerprint density at radius 2 is 2.04 bits per heavy atom. The van der Waals surface area contributed by atoms with Gasteiger partial charge in [0.05, 0.1) is 0 Å². The van der Waals surface area contributed by atoms with Crippen molar-refractivity contribution in [3.05, 3.63) is 24.1 Å².